The van der Waals surface area contributed by atoms with Gasteiger partial charge in [0.25, 0.3) is 0 Å². The zero-order chi connectivity index (χ0) is 15.6. The van der Waals surface area contributed by atoms with Crippen LogP contribution in [0.5, 0.6) is 0 Å². The molecular weight excluding hydrogens is 286 g/mol. The van der Waals surface area contributed by atoms with Crippen LogP contribution in [0.25, 0.3) is 0 Å². The number of carboxylic acid groups (broad SMARTS) is 1. The van der Waals surface area contributed by atoms with Gasteiger partial charge >= 0.3 is 12.1 Å². The molecule has 0 aromatic carbocycles. The standard InChI is InChI=1S/C12H21NO6S/c1-12(2,3)19-11(16)13-9(10(14)15)7-20(17,18)6-8-4-5-8/h8-9H,4-7H2,1-3H3,(H,13,16)(H,14,15)/t9-/m0/s1. The summed E-state index contributed by atoms with van der Waals surface area (Å²) >= 11 is 0. The number of carbonyl (C=O) groups excluding carboxylic acids is 1. The monoisotopic (exact) mass is 307 g/mol. The van der Waals surface area contributed by atoms with Crippen LogP contribution >= 0.6 is 0 Å². The molecule has 8 heteroatoms. The van der Waals surface area contributed by atoms with Crippen molar-refractivity contribution in [1.82, 2.24) is 5.32 Å². The third kappa shape index (κ3) is 6.74. The lowest BCUT2D eigenvalue weighted by atomic mass is 10.2. The number of ether oxygens (including phenoxy) is 1. The van der Waals surface area contributed by atoms with Crippen LogP contribution in [0.1, 0.15) is 33.6 Å². The molecule has 116 valence electrons. The predicted molar refractivity (Wildman–Crippen MR) is 72.2 cm³/mol. The maximum absolute atomic E-state index is 11.8. The van der Waals surface area contributed by atoms with Gasteiger partial charge in [-0.3, -0.25) is 0 Å². The van der Waals surface area contributed by atoms with E-state index in [9.17, 15) is 18.0 Å². The van der Waals surface area contributed by atoms with Crippen molar-refractivity contribution in [3.63, 3.8) is 0 Å². The summed E-state index contributed by atoms with van der Waals surface area (Å²) in [6, 6.07) is -1.49. The maximum Gasteiger partial charge on any atom is 0.408 e. The molecule has 1 aliphatic rings. The van der Waals surface area contributed by atoms with Crippen LogP contribution in [-0.4, -0.2) is 48.7 Å². The minimum Gasteiger partial charge on any atom is -0.480 e. The molecule has 0 aromatic rings. The van der Waals surface area contributed by atoms with E-state index in [4.69, 9.17) is 9.84 Å². The molecule has 0 aliphatic heterocycles. The fraction of sp³-hybridized carbons (Fsp3) is 0.833. The molecule has 0 unspecified atom stereocenters. The lowest BCUT2D eigenvalue weighted by molar-refractivity contribution is -0.138. The number of carboxylic acids is 1. The Balaban J connectivity index is 2.60. The zero-order valence-corrected chi connectivity index (χ0v) is 12.7. The second-order valence-electron chi connectivity index (χ2n) is 6.06. The van der Waals surface area contributed by atoms with Crippen LogP contribution in [0.15, 0.2) is 0 Å². The number of carbonyl (C=O) groups is 2. The first-order valence-corrected chi connectivity index (χ1v) is 8.23. The van der Waals surface area contributed by atoms with Gasteiger partial charge in [-0.2, -0.15) is 0 Å². The van der Waals surface area contributed by atoms with Gasteiger partial charge in [-0.1, -0.05) is 0 Å². The molecule has 7 nitrogen and oxygen atoms in total. The number of amides is 1. The highest BCUT2D eigenvalue weighted by Crippen LogP contribution is 2.30. The molecule has 0 spiro atoms. The summed E-state index contributed by atoms with van der Waals surface area (Å²) in [5.41, 5.74) is -0.778. The summed E-state index contributed by atoms with van der Waals surface area (Å²) in [5.74, 6) is -1.89. The smallest absolute Gasteiger partial charge is 0.408 e. The molecule has 0 saturated heterocycles. The number of nitrogens with one attached hydrogen (secondary N) is 1. The highest BCUT2D eigenvalue weighted by molar-refractivity contribution is 7.91. The maximum atomic E-state index is 11.8. The SMILES string of the molecule is CC(C)(C)OC(=O)N[C@@H](CS(=O)(=O)CC1CC1)C(=O)O. The third-order valence-corrected chi connectivity index (χ3v) is 4.42. The minimum atomic E-state index is -3.50. The molecule has 1 saturated carbocycles. The van der Waals surface area contributed by atoms with E-state index in [-0.39, 0.29) is 11.7 Å². The molecule has 1 amide bonds. The van der Waals surface area contributed by atoms with Crippen molar-refractivity contribution >= 4 is 21.9 Å². The van der Waals surface area contributed by atoms with Gasteiger partial charge in [0.15, 0.2) is 9.84 Å². The predicted octanol–water partition coefficient (Wildman–Crippen LogP) is 0.789. The molecule has 1 atom stereocenters. The van der Waals surface area contributed by atoms with Crippen molar-refractivity contribution in [1.29, 1.82) is 0 Å². The van der Waals surface area contributed by atoms with E-state index in [1.54, 1.807) is 20.8 Å². The van der Waals surface area contributed by atoms with E-state index in [1.807, 2.05) is 0 Å². The molecule has 0 heterocycles. The molecule has 1 aliphatic carbocycles. The molecule has 0 bridgehead atoms. The fourth-order valence-electron chi connectivity index (χ4n) is 1.59. The quantitative estimate of drug-likeness (QED) is 0.750. The van der Waals surface area contributed by atoms with E-state index >= 15 is 0 Å². The lowest BCUT2D eigenvalue weighted by Gasteiger charge is -2.21. The van der Waals surface area contributed by atoms with E-state index in [1.165, 1.54) is 0 Å². The average molecular weight is 307 g/mol. The van der Waals surface area contributed by atoms with E-state index in [0.29, 0.717) is 0 Å². The summed E-state index contributed by atoms with van der Waals surface area (Å²) in [6.07, 6.45) is 0.777. The largest absolute Gasteiger partial charge is 0.480 e. The van der Waals surface area contributed by atoms with E-state index in [2.05, 4.69) is 5.32 Å². The van der Waals surface area contributed by atoms with Crippen molar-refractivity contribution in [2.24, 2.45) is 5.92 Å². The number of rotatable bonds is 6. The summed E-state index contributed by atoms with van der Waals surface area (Å²) in [5, 5.41) is 11.1. The van der Waals surface area contributed by atoms with Crippen LogP contribution in [0.3, 0.4) is 0 Å². The Hall–Kier alpha value is -1.31. The summed E-state index contributed by atoms with van der Waals surface area (Å²) in [4.78, 5) is 22.5. The van der Waals surface area contributed by atoms with Crippen molar-refractivity contribution in [3.8, 4) is 0 Å². The number of alkyl carbamates (subject to hydrolysis) is 1. The van der Waals surface area contributed by atoms with Crippen molar-refractivity contribution < 1.29 is 27.9 Å². The van der Waals surface area contributed by atoms with E-state index < -0.39 is 39.3 Å². The third-order valence-electron chi connectivity index (χ3n) is 2.60. The molecule has 1 rings (SSSR count). The van der Waals surface area contributed by atoms with Crippen molar-refractivity contribution in [3.05, 3.63) is 0 Å². The minimum absolute atomic E-state index is 0.0211. The Morgan fingerprint density at radius 3 is 2.30 bits per heavy atom. The number of hydrogen-bond donors (Lipinski definition) is 2. The van der Waals surface area contributed by atoms with Crippen LogP contribution < -0.4 is 5.32 Å². The topological polar surface area (TPSA) is 110 Å². The Morgan fingerprint density at radius 1 is 1.35 bits per heavy atom. The first-order valence-electron chi connectivity index (χ1n) is 6.41. The van der Waals surface area contributed by atoms with Crippen LogP contribution in [0.2, 0.25) is 0 Å². The van der Waals surface area contributed by atoms with Crippen LogP contribution in [0.4, 0.5) is 4.79 Å². The van der Waals surface area contributed by atoms with Gasteiger partial charge < -0.3 is 15.2 Å². The van der Waals surface area contributed by atoms with Crippen molar-refractivity contribution in [2.75, 3.05) is 11.5 Å². The van der Waals surface area contributed by atoms with Gasteiger partial charge in [0.05, 0.1) is 11.5 Å². The van der Waals surface area contributed by atoms with E-state index in [0.717, 1.165) is 12.8 Å². The normalized spacial score (nSPS) is 17.4. The number of sulfone groups is 1. The summed E-state index contributed by atoms with van der Waals surface area (Å²) < 4.78 is 28.5. The van der Waals surface area contributed by atoms with Gasteiger partial charge in [-0.05, 0) is 39.5 Å². The first-order chi connectivity index (χ1) is 8.98. The summed E-state index contributed by atoms with van der Waals surface area (Å²) in [6.45, 7) is 4.89. The lowest BCUT2D eigenvalue weighted by Crippen LogP contribution is -2.47. The Kier molecular flexibility index (Phi) is 5.01. The van der Waals surface area contributed by atoms with Gasteiger partial charge in [-0.25, -0.2) is 18.0 Å². The molecule has 0 radical (unpaired) electrons. The molecule has 1 fully saturated rings. The van der Waals surface area contributed by atoms with Gasteiger partial charge in [0.1, 0.15) is 11.6 Å². The highest BCUT2D eigenvalue weighted by atomic mass is 32.2. The number of aliphatic carboxylic acids is 1. The first kappa shape index (κ1) is 16.7. The zero-order valence-electron chi connectivity index (χ0n) is 11.9. The van der Waals surface area contributed by atoms with Gasteiger partial charge in [-0.15, -0.1) is 0 Å². The number of hydrogen-bond acceptors (Lipinski definition) is 5. The Labute approximate surface area is 118 Å². The summed E-state index contributed by atoms with van der Waals surface area (Å²) in [7, 11) is -3.50. The average Bonchev–Trinajstić information content (AvgIpc) is 2.95. The molecule has 20 heavy (non-hydrogen) atoms. The van der Waals surface area contributed by atoms with Gasteiger partial charge in [0, 0.05) is 0 Å². The van der Waals surface area contributed by atoms with Crippen molar-refractivity contribution in [2.45, 2.75) is 45.3 Å². The molecule has 2 N–H and O–H groups in total. The fourth-order valence-corrected chi connectivity index (χ4v) is 3.51. The van der Waals surface area contributed by atoms with Gasteiger partial charge in [0.2, 0.25) is 0 Å². The Morgan fingerprint density at radius 2 is 1.90 bits per heavy atom. The molecule has 0 aromatic heterocycles. The second kappa shape index (κ2) is 5.99. The van der Waals surface area contributed by atoms with Crippen LogP contribution in [-0.2, 0) is 19.4 Å². The molecular formula is C12H21NO6S. The highest BCUT2D eigenvalue weighted by Gasteiger charge is 2.33. The second-order valence-corrected chi connectivity index (χ2v) is 8.21. The Bertz CT molecular complexity index is 475. The van der Waals surface area contributed by atoms with Crippen LogP contribution in [0, 0.1) is 5.92 Å².